The van der Waals surface area contributed by atoms with Crippen molar-refractivity contribution in [2.24, 2.45) is 0 Å². The molecule has 0 aromatic heterocycles. The summed E-state index contributed by atoms with van der Waals surface area (Å²) in [6.07, 6.45) is 0.423. The maximum absolute atomic E-state index is 12.0. The van der Waals surface area contributed by atoms with Crippen LogP contribution in [0.15, 0.2) is 48.5 Å². The maximum atomic E-state index is 12.0. The molecule has 2 amide bonds. The Morgan fingerprint density at radius 1 is 0.871 bits per heavy atom. The topological polar surface area (TPSA) is 111 Å². The first-order valence-corrected chi connectivity index (χ1v) is 10.0. The second kappa shape index (κ2) is 12.3. The van der Waals surface area contributed by atoms with Crippen LogP contribution in [-0.4, -0.2) is 37.0 Å². The van der Waals surface area contributed by atoms with E-state index in [-0.39, 0.29) is 12.8 Å². The predicted molar refractivity (Wildman–Crippen MR) is 116 cm³/mol. The van der Waals surface area contributed by atoms with Crippen LogP contribution in [0.5, 0.6) is 0 Å². The first-order valence-electron chi connectivity index (χ1n) is 9.66. The van der Waals surface area contributed by atoms with Crippen LogP contribution in [0.2, 0.25) is 5.02 Å². The minimum absolute atomic E-state index is 0.120. The third kappa shape index (κ3) is 8.47. The van der Waals surface area contributed by atoms with E-state index in [0.29, 0.717) is 28.6 Å². The molecule has 2 aromatic rings. The Morgan fingerprint density at radius 3 is 2.26 bits per heavy atom. The van der Waals surface area contributed by atoms with Gasteiger partial charge in [-0.3, -0.25) is 14.4 Å². The molecular weight excluding hydrogens is 424 g/mol. The smallest absolute Gasteiger partial charge is 0.338 e. The predicted octanol–water partition coefficient (Wildman–Crippen LogP) is 3.81. The number of para-hydroxylation sites is 1. The largest absolute Gasteiger partial charge is 0.462 e. The van der Waals surface area contributed by atoms with Gasteiger partial charge in [0.15, 0.2) is 6.61 Å². The number of anilines is 2. The van der Waals surface area contributed by atoms with Crippen LogP contribution in [0, 0.1) is 0 Å². The van der Waals surface area contributed by atoms with E-state index >= 15 is 0 Å². The highest BCUT2D eigenvalue weighted by Crippen LogP contribution is 2.20. The van der Waals surface area contributed by atoms with Crippen molar-refractivity contribution in [3.8, 4) is 0 Å². The lowest BCUT2D eigenvalue weighted by Crippen LogP contribution is -2.22. The van der Waals surface area contributed by atoms with E-state index in [9.17, 15) is 19.2 Å². The van der Waals surface area contributed by atoms with Crippen LogP contribution in [0.1, 0.15) is 36.5 Å². The summed E-state index contributed by atoms with van der Waals surface area (Å²) in [5, 5.41) is 5.51. The summed E-state index contributed by atoms with van der Waals surface area (Å²) in [6, 6.07) is 12.9. The Labute approximate surface area is 184 Å². The summed E-state index contributed by atoms with van der Waals surface area (Å²) < 4.78 is 9.89. The van der Waals surface area contributed by atoms with Gasteiger partial charge in [-0.05, 0) is 42.8 Å². The van der Waals surface area contributed by atoms with Crippen molar-refractivity contribution in [3.63, 3.8) is 0 Å². The van der Waals surface area contributed by atoms with Gasteiger partial charge in [-0.1, -0.05) is 30.7 Å². The Morgan fingerprint density at radius 2 is 1.58 bits per heavy atom. The van der Waals surface area contributed by atoms with Gasteiger partial charge < -0.3 is 20.1 Å². The molecule has 0 fully saturated rings. The Hall–Kier alpha value is -3.39. The Kier molecular flexibility index (Phi) is 9.51. The van der Waals surface area contributed by atoms with Crippen molar-refractivity contribution in [2.45, 2.75) is 26.2 Å². The van der Waals surface area contributed by atoms with Crippen LogP contribution in [0.3, 0.4) is 0 Å². The number of hydrogen-bond donors (Lipinski definition) is 2. The molecule has 8 nitrogen and oxygen atoms in total. The lowest BCUT2D eigenvalue weighted by Gasteiger charge is -2.08. The fourth-order valence-electron chi connectivity index (χ4n) is 2.37. The summed E-state index contributed by atoms with van der Waals surface area (Å²) in [7, 11) is 0. The Balaban J connectivity index is 1.69. The lowest BCUT2D eigenvalue weighted by atomic mass is 10.2. The quantitative estimate of drug-likeness (QED) is 0.537. The van der Waals surface area contributed by atoms with Crippen molar-refractivity contribution >= 4 is 46.7 Å². The van der Waals surface area contributed by atoms with Crippen LogP contribution < -0.4 is 10.6 Å². The van der Waals surface area contributed by atoms with E-state index in [1.807, 2.05) is 6.92 Å². The first-order chi connectivity index (χ1) is 14.9. The summed E-state index contributed by atoms with van der Waals surface area (Å²) in [6.45, 7) is 1.76. The van der Waals surface area contributed by atoms with Gasteiger partial charge in [0.1, 0.15) is 0 Å². The zero-order valence-corrected chi connectivity index (χ0v) is 17.7. The summed E-state index contributed by atoms with van der Waals surface area (Å²) in [5.74, 6) is -2.05. The van der Waals surface area contributed by atoms with Gasteiger partial charge in [0, 0.05) is 12.1 Å². The molecule has 0 saturated heterocycles. The molecule has 0 aliphatic rings. The summed E-state index contributed by atoms with van der Waals surface area (Å²) in [5.41, 5.74) is 1.27. The van der Waals surface area contributed by atoms with E-state index in [0.717, 1.165) is 6.42 Å². The summed E-state index contributed by atoms with van der Waals surface area (Å²) in [4.78, 5) is 47.3. The van der Waals surface area contributed by atoms with Gasteiger partial charge in [-0.25, -0.2) is 4.79 Å². The maximum Gasteiger partial charge on any atom is 0.338 e. The van der Waals surface area contributed by atoms with Gasteiger partial charge in [0.25, 0.3) is 5.91 Å². The minimum atomic E-state index is -0.682. The van der Waals surface area contributed by atoms with Crippen LogP contribution in [-0.2, 0) is 23.9 Å². The van der Waals surface area contributed by atoms with Crippen molar-refractivity contribution in [1.29, 1.82) is 0 Å². The highest BCUT2D eigenvalue weighted by Gasteiger charge is 2.12. The molecule has 9 heteroatoms. The number of amides is 2. The van der Waals surface area contributed by atoms with E-state index in [4.69, 9.17) is 21.1 Å². The van der Waals surface area contributed by atoms with Gasteiger partial charge >= 0.3 is 11.9 Å². The highest BCUT2D eigenvalue weighted by atomic mass is 35.5. The zero-order chi connectivity index (χ0) is 22.6. The van der Waals surface area contributed by atoms with Gasteiger partial charge in [0.2, 0.25) is 5.91 Å². The van der Waals surface area contributed by atoms with Crippen molar-refractivity contribution < 1.29 is 28.7 Å². The molecule has 2 N–H and O–H groups in total. The number of ether oxygens (including phenoxy) is 2. The molecule has 0 saturated carbocycles. The number of benzene rings is 2. The number of carbonyl (C=O) groups is 4. The van der Waals surface area contributed by atoms with Gasteiger partial charge in [0.05, 0.1) is 29.3 Å². The summed E-state index contributed by atoms with van der Waals surface area (Å²) >= 11 is 5.94. The molecule has 31 heavy (non-hydrogen) atoms. The van der Waals surface area contributed by atoms with E-state index < -0.39 is 30.4 Å². The molecule has 2 aromatic carbocycles. The van der Waals surface area contributed by atoms with Crippen LogP contribution in [0.25, 0.3) is 0 Å². The average Bonchev–Trinajstić information content (AvgIpc) is 2.76. The number of carbonyl (C=O) groups excluding carboxylic acids is 4. The molecule has 0 bridgehead atoms. The minimum Gasteiger partial charge on any atom is -0.462 e. The monoisotopic (exact) mass is 446 g/mol. The van der Waals surface area contributed by atoms with Gasteiger partial charge in [-0.15, -0.1) is 0 Å². The van der Waals surface area contributed by atoms with E-state index in [1.165, 1.54) is 0 Å². The Bertz CT molecular complexity index is 930. The number of hydrogen-bond acceptors (Lipinski definition) is 6. The van der Waals surface area contributed by atoms with E-state index in [1.54, 1.807) is 48.5 Å². The highest BCUT2D eigenvalue weighted by molar-refractivity contribution is 6.33. The second-order valence-electron chi connectivity index (χ2n) is 6.45. The van der Waals surface area contributed by atoms with Crippen molar-refractivity contribution in [3.05, 3.63) is 59.1 Å². The zero-order valence-electron chi connectivity index (χ0n) is 17.0. The molecule has 0 radical (unpaired) electrons. The van der Waals surface area contributed by atoms with E-state index in [2.05, 4.69) is 10.6 Å². The molecule has 0 aliphatic carbocycles. The number of esters is 2. The van der Waals surface area contributed by atoms with Gasteiger partial charge in [-0.2, -0.15) is 0 Å². The molecule has 0 atom stereocenters. The van der Waals surface area contributed by atoms with Crippen molar-refractivity contribution in [2.75, 3.05) is 23.8 Å². The first kappa shape index (κ1) is 23.9. The van der Waals surface area contributed by atoms with Crippen LogP contribution in [0.4, 0.5) is 11.4 Å². The molecule has 0 aliphatic heterocycles. The lowest BCUT2D eigenvalue weighted by molar-refractivity contribution is -0.147. The molecule has 0 heterocycles. The standard InChI is InChI=1S/C22H23ClN2O6/c1-2-13-30-22(29)15-7-9-16(10-8-15)24-19(26)11-12-21(28)31-14-20(27)25-18-6-4-3-5-17(18)23/h3-10H,2,11-14H2,1H3,(H,24,26)(H,25,27). The average molecular weight is 447 g/mol. The fourth-order valence-corrected chi connectivity index (χ4v) is 2.56. The molecule has 0 spiro atoms. The number of nitrogens with one attached hydrogen (secondary N) is 2. The second-order valence-corrected chi connectivity index (χ2v) is 6.86. The molecule has 164 valence electrons. The third-order valence-corrected chi connectivity index (χ3v) is 4.24. The van der Waals surface area contributed by atoms with Crippen LogP contribution >= 0.6 is 11.6 Å². The SMILES string of the molecule is CCCOC(=O)c1ccc(NC(=O)CCC(=O)OCC(=O)Nc2ccccc2Cl)cc1. The van der Waals surface area contributed by atoms with Crippen molar-refractivity contribution in [1.82, 2.24) is 0 Å². The molecule has 0 unspecified atom stereocenters. The number of halogens is 1. The molecule has 2 rings (SSSR count). The molecular formula is C22H23ClN2O6. The third-order valence-electron chi connectivity index (χ3n) is 3.91. The normalized spacial score (nSPS) is 10.1. The number of rotatable bonds is 10. The fraction of sp³-hybridized carbons (Fsp3) is 0.273.